The Hall–Kier alpha value is -1.20. The summed E-state index contributed by atoms with van der Waals surface area (Å²) in [5.74, 6) is 1.37. The van der Waals surface area contributed by atoms with Crippen molar-refractivity contribution in [2.75, 3.05) is 26.0 Å². The van der Waals surface area contributed by atoms with E-state index in [0.717, 1.165) is 11.3 Å². The molecule has 0 aromatic heterocycles. The number of ether oxygens (including phenoxy) is 1. The monoisotopic (exact) mass is 253 g/mol. The molecule has 1 aromatic rings. The third-order valence-corrected chi connectivity index (χ3v) is 3.97. The molecule has 1 saturated heterocycles. The molecule has 2 rings (SSSR count). The number of benzene rings is 1. The molecule has 1 fully saturated rings. The number of rotatable bonds is 4. The van der Waals surface area contributed by atoms with E-state index in [1.54, 1.807) is 23.8 Å². The first-order chi connectivity index (χ1) is 8.26. The lowest BCUT2D eigenvalue weighted by Crippen LogP contribution is -2.30. The maximum atomic E-state index is 11.6. The molecule has 1 amide bonds. The molecule has 0 spiro atoms. The zero-order valence-corrected chi connectivity index (χ0v) is 10.4. The number of amides is 1. The fraction of sp³-hybridized carbons (Fsp3) is 0.417. The number of carbonyl (C=O) groups is 1. The summed E-state index contributed by atoms with van der Waals surface area (Å²) in [6.07, 6.45) is 0. The van der Waals surface area contributed by atoms with Crippen LogP contribution in [-0.4, -0.2) is 41.9 Å². The predicted molar refractivity (Wildman–Crippen MR) is 67.0 cm³/mol. The summed E-state index contributed by atoms with van der Waals surface area (Å²) in [6.45, 7) is 0.390. The minimum absolute atomic E-state index is 0.00104. The van der Waals surface area contributed by atoms with Crippen LogP contribution < -0.4 is 4.74 Å². The third kappa shape index (κ3) is 2.56. The van der Waals surface area contributed by atoms with Crippen molar-refractivity contribution in [3.8, 4) is 5.75 Å². The lowest BCUT2D eigenvalue weighted by molar-refractivity contribution is -0.128. The number of hydrogen-bond acceptors (Lipinski definition) is 4. The van der Waals surface area contributed by atoms with Crippen molar-refractivity contribution in [1.82, 2.24) is 4.90 Å². The van der Waals surface area contributed by atoms with Crippen LogP contribution in [0.25, 0.3) is 0 Å². The number of hydrogen-bond donors (Lipinski definition) is 1. The van der Waals surface area contributed by atoms with Gasteiger partial charge in [-0.25, -0.2) is 0 Å². The zero-order valence-electron chi connectivity index (χ0n) is 9.63. The minimum atomic E-state index is -0.00104. The first-order valence-electron chi connectivity index (χ1n) is 5.42. The molecule has 0 saturated carbocycles. The van der Waals surface area contributed by atoms with Gasteiger partial charge >= 0.3 is 0 Å². The highest BCUT2D eigenvalue weighted by molar-refractivity contribution is 8.00. The Bertz CT molecular complexity index is 393. The number of nitrogens with zero attached hydrogens (tertiary/aromatic N) is 1. The smallest absolute Gasteiger partial charge is 0.233 e. The molecular formula is C12H15NO3S. The van der Waals surface area contributed by atoms with Crippen LogP contribution >= 0.6 is 11.8 Å². The number of aliphatic hydroxyl groups is 1. The fourth-order valence-corrected chi connectivity index (χ4v) is 3.07. The highest BCUT2D eigenvalue weighted by atomic mass is 32.2. The summed E-state index contributed by atoms with van der Waals surface area (Å²) in [5.41, 5.74) is 1.06. The number of β-amino-alcohol motifs (C(OH)–C–C–N with tert-alkyl or cyclic N) is 1. The average molecular weight is 253 g/mol. The molecule has 0 bridgehead atoms. The SMILES string of the molecule is COc1ccc([C@H]2SCC(=O)N2CCO)cc1. The molecule has 5 heteroatoms. The molecular weight excluding hydrogens is 238 g/mol. The molecule has 1 atom stereocenters. The van der Waals surface area contributed by atoms with Crippen molar-refractivity contribution in [3.63, 3.8) is 0 Å². The first-order valence-corrected chi connectivity index (χ1v) is 6.47. The molecule has 0 aliphatic carbocycles. The van der Waals surface area contributed by atoms with E-state index in [1.807, 2.05) is 24.3 Å². The van der Waals surface area contributed by atoms with Gasteiger partial charge in [-0.05, 0) is 17.7 Å². The van der Waals surface area contributed by atoms with Crippen LogP contribution in [0.15, 0.2) is 24.3 Å². The fourth-order valence-electron chi connectivity index (χ4n) is 1.85. The highest BCUT2D eigenvalue weighted by Gasteiger charge is 2.32. The summed E-state index contributed by atoms with van der Waals surface area (Å²) < 4.78 is 5.10. The lowest BCUT2D eigenvalue weighted by Gasteiger charge is -2.23. The van der Waals surface area contributed by atoms with Gasteiger partial charge in [-0.15, -0.1) is 11.8 Å². The topological polar surface area (TPSA) is 49.8 Å². The van der Waals surface area contributed by atoms with Gasteiger partial charge in [-0.3, -0.25) is 4.79 Å². The molecule has 1 aliphatic heterocycles. The van der Waals surface area contributed by atoms with E-state index in [1.165, 1.54) is 0 Å². The van der Waals surface area contributed by atoms with E-state index < -0.39 is 0 Å². The summed E-state index contributed by atoms with van der Waals surface area (Å²) in [7, 11) is 1.63. The summed E-state index contributed by atoms with van der Waals surface area (Å²) in [4.78, 5) is 13.4. The van der Waals surface area contributed by atoms with Gasteiger partial charge in [-0.2, -0.15) is 0 Å². The van der Waals surface area contributed by atoms with Gasteiger partial charge in [0, 0.05) is 6.54 Å². The van der Waals surface area contributed by atoms with Crippen LogP contribution in [0.5, 0.6) is 5.75 Å². The Morgan fingerprint density at radius 2 is 2.18 bits per heavy atom. The molecule has 4 nitrogen and oxygen atoms in total. The maximum absolute atomic E-state index is 11.6. The van der Waals surface area contributed by atoms with Gasteiger partial charge < -0.3 is 14.7 Å². The maximum Gasteiger partial charge on any atom is 0.233 e. The summed E-state index contributed by atoms with van der Waals surface area (Å²) in [6, 6.07) is 7.69. The van der Waals surface area contributed by atoms with E-state index in [9.17, 15) is 4.79 Å². The van der Waals surface area contributed by atoms with Crippen LogP contribution in [0.4, 0.5) is 0 Å². The van der Waals surface area contributed by atoms with Crippen molar-refractivity contribution in [1.29, 1.82) is 0 Å². The number of thioether (sulfide) groups is 1. The van der Waals surface area contributed by atoms with Crippen LogP contribution in [0.1, 0.15) is 10.9 Å². The molecule has 92 valence electrons. The molecule has 1 aromatic carbocycles. The quantitative estimate of drug-likeness (QED) is 0.877. The number of carbonyl (C=O) groups excluding carboxylic acids is 1. The van der Waals surface area contributed by atoms with E-state index >= 15 is 0 Å². The molecule has 1 heterocycles. The van der Waals surface area contributed by atoms with Gasteiger partial charge in [0.1, 0.15) is 11.1 Å². The van der Waals surface area contributed by atoms with Gasteiger partial charge in [0.2, 0.25) is 5.91 Å². The second-order valence-corrected chi connectivity index (χ2v) is 4.82. The van der Waals surface area contributed by atoms with Gasteiger partial charge in [0.05, 0.1) is 19.5 Å². The second-order valence-electron chi connectivity index (χ2n) is 3.75. The Labute approximate surface area is 105 Å². The zero-order chi connectivity index (χ0) is 12.3. The largest absolute Gasteiger partial charge is 0.497 e. The Morgan fingerprint density at radius 3 is 2.76 bits per heavy atom. The van der Waals surface area contributed by atoms with Gasteiger partial charge in [0.25, 0.3) is 0 Å². The van der Waals surface area contributed by atoms with E-state index in [2.05, 4.69) is 0 Å². The molecule has 0 radical (unpaired) electrons. The van der Waals surface area contributed by atoms with E-state index in [-0.39, 0.29) is 17.9 Å². The van der Waals surface area contributed by atoms with Crippen LogP contribution in [0, 0.1) is 0 Å². The van der Waals surface area contributed by atoms with E-state index in [4.69, 9.17) is 9.84 Å². The predicted octanol–water partition coefficient (Wildman–Crippen LogP) is 1.26. The van der Waals surface area contributed by atoms with Gasteiger partial charge in [-0.1, -0.05) is 12.1 Å². The number of aliphatic hydroxyl groups excluding tert-OH is 1. The summed E-state index contributed by atoms with van der Waals surface area (Å²) in [5, 5.41) is 8.98. The lowest BCUT2D eigenvalue weighted by atomic mass is 10.2. The standard InChI is InChI=1S/C12H15NO3S/c1-16-10-4-2-9(3-5-10)12-13(6-7-14)11(15)8-17-12/h2-5,12,14H,6-8H2,1H3/t12-/m1/s1. The van der Waals surface area contributed by atoms with Crippen molar-refractivity contribution in [2.24, 2.45) is 0 Å². The summed E-state index contributed by atoms with van der Waals surface area (Å²) >= 11 is 1.59. The molecule has 0 unspecified atom stereocenters. The average Bonchev–Trinajstić information content (AvgIpc) is 2.72. The Kier molecular flexibility index (Phi) is 3.91. The Balaban J connectivity index is 2.17. The molecule has 1 aliphatic rings. The third-order valence-electron chi connectivity index (χ3n) is 2.71. The Morgan fingerprint density at radius 1 is 1.47 bits per heavy atom. The molecule has 17 heavy (non-hydrogen) atoms. The van der Waals surface area contributed by atoms with Gasteiger partial charge in [0.15, 0.2) is 0 Å². The minimum Gasteiger partial charge on any atom is -0.497 e. The second kappa shape index (κ2) is 5.42. The van der Waals surface area contributed by atoms with Crippen molar-refractivity contribution >= 4 is 17.7 Å². The molecule has 1 N–H and O–H groups in total. The van der Waals surface area contributed by atoms with Crippen molar-refractivity contribution in [3.05, 3.63) is 29.8 Å². The first kappa shape index (κ1) is 12.3. The van der Waals surface area contributed by atoms with E-state index in [0.29, 0.717) is 12.3 Å². The van der Waals surface area contributed by atoms with Crippen molar-refractivity contribution < 1.29 is 14.6 Å². The normalized spacial score (nSPS) is 19.8. The van der Waals surface area contributed by atoms with Crippen LogP contribution in [-0.2, 0) is 4.79 Å². The van der Waals surface area contributed by atoms with Crippen LogP contribution in [0.2, 0.25) is 0 Å². The number of methoxy groups -OCH3 is 1. The van der Waals surface area contributed by atoms with Crippen molar-refractivity contribution in [2.45, 2.75) is 5.37 Å². The highest BCUT2D eigenvalue weighted by Crippen LogP contribution is 2.38. The van der Waals surface area contributed by atoms with Crippen LogP contribution in [0.3, 0.4) is 0 Å².